The van der Waals surface area contributed by atoms with Gasteiger partial charge in [0, 0.05) is 0 Å². The predicted octanol–water partition coefficient (Wildman–Crippen LogP) is 0.517. The third-order valence-corrected chi connectivity index (χ3v) is 2.65. The van der Waals surface area contributed by atoms with E-state index in [1.54, 1.807) is 13.8 Å². The predicted molar refractivity (Wildman–Crippen MR) is 56.0 cm³/mol. The summed E-state index contributed by atoms with van der Waals surface area (Å²) < 4.78 is 0. The van der Waals surface area contributed by atoms with Gasteiger partial charge in [-0.2, -0.15) is 0 Å². The standard InChI is InChI=1S/C8H11N3O3S/c1-8(2,6(9)14)11-7-10-3-4(15-7)5(12)13/h3H,1-2H3,(H2,9,14)(H,10,11)(H,12,13). The van der Waals surface area contributed by atoms with Crippen LogP contribution >= 0.6 is 11.3 Å². The molecule has 0 saturated carbocycles. The molecule has 0 spiro atoms. The first kappa shape index (κ1) is 11.4. The van der Waals surface area contributed by atoms with Gasteiger partial charge in [-0.15, -0.1) is 0 Å². The number of carbonyl (C=O) groups excluding carboxylic acids is 1. The number of nitrogens with one attached hydrogen (secondary N) is 1. The number of amides is 1. The van der Waals surface area contributed by atoms with Crippen LogP contribution in [0.25, 0.3) is 0 Å². The number of thiazole rings is 1. The number of carbonyl (C=O) groups is 2. The maximum atomic E-state index is 11.0. The molecule has 1 aromatic rings. The molecule has 7 heteroatoms. The summed E-state index contributed by atoms with van der Waals surface area (Å²) in [5, 5.41) is 11.8. The van der Waals surface area contributed by atoms with Gasteiger partial charge in [-0.1, -0.05) is 11.3 Å². The lowest BCUT2D eigenvalue weighted by Gasteiger charge is -2.21. The third-order valence-electron chi connectivity index (χ3n) is 1.75. The number of primary amides is 1. The van der Waals surface area contributed by atoms with Gasteiger partial charge in [0.2, 0.25) is 5.91 Å². The summed E-state index contributed by atoms with van der Waals surface area (Å²) in [6.45, 7) is 3.19. The molecule has 0 unspecified atom stereocenters. The highest BCUT2D eigenvalue weighted by molar-refractivity contribution is 7.17. The van der Waals surface area contributed by atoms with Crippen LogP contribution in [-0.4, -0.2) is 27.5 Å². The number of aromatic nitrogens is 1. The maximum absolute atomic E-state index is 11.0. The van der Waals surface area contributed by atoms with Gasteiger partial charge in [0.25, 0.3) is 0 Å². The zero-order valence-electron chi connectivity index (χ0n) is 8.27. The van der Waals surface area contributed by atoms with Gasteiger partial charge in [0.1, 0.15) is 10.4 Å². The van der Waals surface area contributed by atoms with E-state index in [1.165, 1.54) is 6.20 Å². The van der Waals surface area contributed by atoms with Gasteiger partial charge in [-0.05, 0) is 13.8 Å². The summed E-state index contributed by atoms with van der Waals surface area (Å²) in [7, 11) is 0. The number of anilines is 1. The Morgan fingerprint density at radius 3 is 2.60 bits per heavy atom. The minimum absolute atomic E-state index is 0.109. The molecular weight excluding hydrogens is 218 g/mol. The molecule has 15 heavy (non-hydrogen) atoms. The number of carboxylic acids is 1. The smallest absolute Gasteiger partial charge is 0.347 e. The van der Waals surface area contributed by atoms with Gasteiger partial charge in [0.15, 0.2) is 5.13 Å². The highest BCUT2D eigenvalue weighted by atomic mass is 32.1. The van der Waals surface area contributed by atoms with Crippen LogP contribution in [0.15, 0.2) is 6.20 Å². The fourth-order valence-corrected chi connectivity index (χ4v) is 1.57. The van der Waals surface area contributed by atoms with Crippen LogP contribution in [-0.2, 0) is 4.79 Å². The Labute approximate surface area is 90.1 Å². The van der Waals surface area contributed by atoms with E-state index in [4.69, 9.17) is 10.8 Å². The van der Waals surface area contributed by atoms with Crippen molar-refractivity contribution < 1.29 is 14.7 Å². The van der Waals surface area contributed by atoms with Crippen LogP contribution in [0, 0.1) is 0 Å². The van der Waals surface area contributed by atoms with Gasteiger partial charge < -0.3 is 16.2 Å². The number of carboxylic acid groups (broad SMARTS) is 1. The Bertz CT molecular complexity index is 400. The molecule has 0 aliphatic heterocycles. The second kappa shape index (κ2) is 3.85. The first-order valence-corrected chi connectivity index (χ1v) is 4.92. The van der Waals surface area contributed by atoms with E-state index < -0.39 is 17.4 Å². The molecule has 0 atom stereocenters. The number of nitrogens with two attached hydrogens (primary N) is 1. The van der Waals surface area contributed by atoms with E-state index >= 15 is 0 Å². The van der Waals surface area contributed by atoms with Gasteiger partial charge >= 0.3 is 5.97 Å². The molecule has 1 rings (SSSR count). The highest BCUT2D eigenvalue weighted by Gasteiger charge is 2.25. The van der Waals surface area contributed by atoms with E-state index in [0.717, 1.165) is 11.3 Å². The highest BCUT2D eigenvalue weighted by Crippen LogP contribution is 2.21. The fourth-order valence-electron chi connectivity index (χ4n) is 0.760. The van der Waals surface area contributed by atoms with Crippen LogP contribution in [0.4, 0.5) is 5.13 Å². The second-order valence-corrected chi connectivity index (χ2v) is 4.48. The average Bonchev–Trinajstić information content (AvgIpc) is 2.51. The van der Waals surface area contributed by atoms with E-state index in [1.807, 2.05) is 0 Å². The van der Waals surface area contributed by atoms with Crippen LogP contribution in [0.5, 0.6) is 0 Å². The van der Waals surface area contributed by atoms with Crippen LogP contribution in [0.2, 0.25) is 0 Å². The first-order valence-electron chi connectivity index (χ1n) is 4.10. The molecule has 0 saturated heterocycles. The molecule has 6 nitrogen and oxygen atoms in total. The topological polar surface area (TPSA) is 105 Å². The molecule has 0 aromatic carbocycles. The molecule has 82 valence electrons. The molecule has 0 radical (unpaired) electrons. The Balaban J connectivity index is 2.82. The van der Waals surface area contributed by atoms with Crippen molar-refractivity contribution in [3.8, 4) is 0 Å². The number of hydrogen-bond donors (Lipinski definition) is 3. The third kappa shape index (κ3) is 2.66. The van der Waals surface area contributed by atoms with Gasteiger partial charge in [-0.3, -0.25) is 4.79 Å². The quantitative estimate of drug-likeness (QED) is 0.697. The second-order valence-electron chi connectivity index (χ2n) is 3.45. The van der Waals surface area contributed by atoms with Crippen molar-refractivity contribution in [2.45, 2.75) is 19.4 Å². The minimum atomic E-state index is -1.04. The molecule has 1 aromatic heterocycles. The molecular formula is C8H11N3O3S. The van der Waals surface area contributed by atoms with E-state index in [-0.39, 0.29) is 4.88 Å². The molecule has 1 amide bonds. The Hall–Kier alpha value is -1.63. The molecule has 0 bridgehead atoms. The number of nitrogens with zero attached hydrogens (tertiary/aromatic N) is 1. The van der Waals surface area contributed by atoms with Crippen molar-refractivity contribution in [2.75, 3.05) is 5.32 Å². The zero-order chi connectivity index (χ0) is 11.6. The number of rotatable bonds is 4. The molecule has 0 aliphatic rings. The van der Waals surface area contributed by atoms with Crippen molar-refractivity contribution in [3.05, 3.63) is 11.1 Å². The summed E-state index contributed by atoms with van der Waals surface area (Å²) in [5.41, 5.74) is 4.19. The molecule has 0 fully saturated rings. The summed E-state index contributed by atoms with van der Waals surface area (Å²) >= 11 is 0.956. The minimum Gasteiger partial charge on any atom is -0.477 e. The SMILES string of the molecule is CC(C)(Nc1ncc(C(=O)O)s1)C(N)=O. The zero-order valence-corrected chi connectivity index (χ0v) is 9.09. The van der Waals surface area contributed by atoms with Crippen molar-refractivity contribution in [3.63, 3.8) is 0 Å². The monoisotopic (exact) mass is 229 g/mol. The van der Waals surface area contributed by atoms with Gasteiger partial charge in [-0.25, -0.2) is 9.78 Å². The fraction of sp³-hybridized carbons (Fsp3) is 0.375. The average molecular weight is 229 g/mol. The number of aromatic carboxylic acids is 1. The summed E-state index contributed by atoms with van der Waals surface area (Å²) in [5.74, 6) is -1.58. The van der Waals surface area contributed by atoms with Crippen LogP contribution in [0.1, 0.15) is 23.5 Å². The molecule has 0 aliphatic carbocycles. The summed E-state index contributed by atoms with van der Waals surface area (Å²) in [6.07, 6.45) is 1.23. The van der Waals surface area contributed by atoms with E-state index in [2.05, 4.69) is 10.3 Å². The van der Waals surface area contributed by atoms with Crippen LogP contribution < -0.4 is 11.1 Å². The normalized spacial score (nSPS) is 11.1. The molecule has 1 heterocycles. The van der Waals surface area contributed by atoms with Gasteiger partial charge in [0.05, 0.1) is 6.20 Å². The van der Waals surface area contributed by atoms with E-state index in [9.17, 15) is 9.59 Å². The summed E-state index contributed by atoms with van der Waals surface area (Å²) in [4.78, 5) is 25.5. The maximum Gasteiger partial charge on any atom is 0.347 e. The van der Waals surface area contributed by atoms with Crippen LogP contribution in [0.3, 0.4) is 0 Å². The van der Waals surface area contributed by atoms with Crippen molar-refractivity contribution in [1.29, 1.82) is 0 Å². The largest absolute Gasteiger partial charge is 0.477 e. The lowest BCUT2D eigenvalue weighted by Crippen LogP contribution is -2.44. The van der Waals surface area contributed by atoms with Crippen molar-refractivity contribution in [2.24, 2.45) is 5.73 Å². The van der Waals surface area contributed by atoms with Crippen molar-refractivity contribution in [1.82, 2.24) is 4.98 Å². The van der Waals surface area contributed by atoms with E-state index in [0.29, 0.717) is 5.13 Å². The Morgan fingerprint density at radius 2 is 2.20 bits per heavy atom. The summed E-state index contributed by atoms with van der Waals surface area (Å²) in [6, 6.07) is 0. The van der Waals surface area contributed by atoms with Crippen molar-refractivity contribution >= 4 is 28.3 Å². The Kier molecular flexibility index (Phi) is 2.94. The lowest BCUT2D eigenvalue weighted by molar-refractivity contribution is -0.121. The lowest BCUT2D eigenvalue weighted by atomic mass is 10.1. The Morgan fingerprint density at radius 1 is 1.60 bits per heavy atom. The molecule has 4 N–H and O–H groups in total. The first-order chi connectivity index (χ1) is 6.83. The number of hydrogen-bond acceptors (Lipinski definition) is 5.